The van der Waals surface area contributed by atoms with Crippen molar-refractivity contribution < 1.29 is 0 Å². The first-order valence-corrected chi connectivity index (χ1v) is 12.9. The van der Waals surface area contributed by atoms with Gasteiger partial charge in [0.05, 0.1) is 0 Å². The molecule has 2 heterocycles. The molecule has 39 heavy (non-hydrogen) atoms. The monoisotopic (exact) mass is 506 g/mol. The van der Waals surface area contributed by atoms with Crippen LogP contribution in [0.5, 0.6) is 0 Å². The van der Waals surface area contributed by atoms with Gasteiger partial charge >= 0.3 is 0 Å². The lowest BCUT2D eigenvalue weighted by Gasteiger charge is -2.25. The zero-order valence-corrected chi connectivity index (χ0v) is 21.9. The zero-order chi connectivity index (χ0) is 26.9. The summed E-state index contributed by atoms with van der Waals surface area (Å²) in [5.41, 5.74) is 6.16. The second-order valence-electron chi connectivity index (χ2n) is 8.80. The number of aromatic nitrogens is 2. The Morgan fingerprint density at radius 1 is 0.615 bits per heavy atom. The van der Waals surface area contributed by atoms with Crippen LogP contribution in [0.15, 0.2) is 164 Å². The Morgan fingerprint density at radius 2 is 1.10 bits per heavy atom. The van der Waals surface area contributed by atoms with E-state index in [0.29, 0.717) is 0 Å². The third-order valence-corrected chi connectivity index (χ3v) is 6.29. The quantitative estimate of drug-likeness (QED) is 0.186. The molecule has 2 aromatic heterocycles. The van der Waals surface area contributed by atoms with Crippen LogP contribution in [0.25, 0.3) is 11.1 Å². The maximum atomic E-state index is 4.85. The van der Waals surface area contributed by atoms with Gasteiger partial charge in [-0.15, -0.1) is 0 Å². The molecule has 5 rings (SSSR count). The van der Waals surface area contributed by atoms with Gasteiger partial charge in [-0.3, -0.25) is 9.80 Å². The molecule has 0 aliphatic heterocycles. The van der Waals surface area contributed by atoms with Gasteiger partial charge in [-0.25, -0.2) is 9.97 Å². The first-order valence-electron chi connectivity index (χ1n) is 12.9. The van der Waals surface area contributed by atoms with Crippen LogP contribution in [0.4, 0.5) is 28.7 Å². The Labute approximate surface area is 230 Å². The van der Waals surface area contributed by atoms with Gasteiger partial charge in [-0.1, -0.05) is 79.4 Å². The summed E-state index contributed by atoms with van der Waals surface area (Å²) < 4.78 is 0. The van der Waals surface area contributed by atoms with Crippen LogP contribution >= 0.6 is 0 Å². The molecule has 5 aromatic rings. The number of benzene rings is 3. The van der Waals surface area contributed by atoms with Gasteiger partial charge in [-0.2, -0.15) is 0 Å². The van der Waals surface area contributed by atoms with Crippen molar-refractivity contribution >= 4 is 28.7 Å². The molecule has 0 fully saturated rings. The number of hydrogen-bond donors (Lipinski definition) is 0. The fourth-order valence-corrected chi connectivity index (χ4v) is 4.40. The maximum absolute atomic E-state index is 4.85. The fourth-order valence-electron chi connectivity index (χ4n) is 4.40. The molecule has 0 bridgehead atoms. The molecule has 0 aliphatic rings. The Balaban J connectivity index is 1.45. The van der Waals surface area contributed by atoms with Crippen LogP contribution in [0.3, 0.4) is 0 Å². The van der Waals surface area contributed by atoms with E-state index in [1.807, 2.05) is 92.1 Å². The Morgan fingerprint density at radius 3 is 1.54 bits per heavy atom. The SMILES string of the molecule is C=C/C=C\C(=C/C)N(c1ccccc1)c1ccc(-c2ccc(N(c3ccccc3)c3ccccc3)nc2)cn1. The van der Waals surface area contributed by atoms with E-state index in [1.165, 1.54) is 0 Å². The molecule has 0 radical (unpaired) electrons. The lowest BCUT2D eigenvalue weighted by atomic mass is 10.1. The number of nitrogens with zero attached hydrogens (tertiary/aromatic N) is 4. The van der Waals surface area contributed by atoms with E-state index in [9.17, 15) is 0 Å². The summed E-state index contributed by atoms with van der Waals surface area (Å²) in [6.07, 6.45) is 11.6. The summed E-state index contributed by atoms with van der Waals surface area (Å²) in [6.45, 7) is 5.83. The van der Waals surface area contributed by atoms with E-state index in [1.54, 1.807) is 6.08 Å². The number of hydrogen-bond acceptors (Lipinski definition) is 4. The van der Waals surface area contributed by atoms with Gasteiger partial charge in [0.2, 0.25) is 0 Å². The van der Waals surface area contributed by atoms with E-state index in [4.69, 9.17) is 9.97 Å². The second-order valence-corrected chi connectivity index (χ2v) is 8.80. The predicted molar refractivity (Wildman–Crippen MR) is 164 cm³/mol. The zero-order valence-electron chi connectivity index (χ0n) is 21.9. The molecular weight excluding hydrogens is 476 g/mol. The van der Waals surface area contributed by atoms with E-state index in [-0.39, 0.29) is 0 Å². The molecule has 0 saturated heterocycles. The summed E-state index contributed by atoms with van der Waals surface area (Å²) in [5.74, 6) is 1.68. The molecule has 0 atom stereocenters. The number of para-hydroxylation sites is 3. The summed E-state index contributed by atoms with van der Waals surface area (Å²) in [5, 5.41) is 0. The molecule has 0 saturated carbocycles. The molecule has 3 aromatic carbocycles. The Bertz CT molecular complexity index is 1500. The van der Waals surface area contributed by atoms with Crippen molar-refractivity contribution in [1.29, 1.82) is 0 Å². The number of allylic oxidation sites excluding steroid dienone is 4. The average molecular weight is 507 g/mol. The average Bonchev–Trinajstić information content (AvgIpc) is 3.01. The molecule has 4 heteroatoms. The highest BCUT2D eigenvalue weighted by atomic mass is 15.2. The van der Waals surface area contributed by atoms with Gasteiger partial charge in [0.15, 0.2) is 0 Å². The predicted octanol–water partition coefficient (Wildman–Crippen LogP) is 9.40. The number of rotatable bonds is 9. The molecule has 0 aliphatic carbocycles. The van der Waals surface area contributed by atoms with E-state index < -0.39 is 0 Å². The summed E-state index contributed by atoms with van der Waals surface area (Å²) >= 11 is 0. The van der Waals surface area contributed by atoms with Crippen molar-refractivity contribution in [3.05, 3.63) is 164 Å². The van der Waals surface area contributed by atoms with Gasteiger partial charge in [-0.05, 0) is 73.7 Å². The minimum Gasteiger partial charge on any atom is -0.295 e. The van der Waals surface area contributed by atoms with Crippen molar-refractivity contribution in [2.24, 2.45) is 0 Å². The normalized spacial score (nSPS) is 11.4. The van der Waals surface area contributed by atoms with Crippen LogP contribution in [0.2, 0.25) is 0 Å². The second kappa shape index (κ2) is 12.3. The van der Waals surface area contributed by atoms with Crippen LogP contribution in [-0.2, 0) is 0 Å². The standard InChI is InChI=1S/C35H30N4/c1-3-5-15-30(4-2)38(31-16-9-6-10-17-31)34-24-22-28(26-36-34)29-23-25-35(37-27-29)39(32-18-11-7-12-19-32)33-20-13-8-14-21-33/h3-27H,1H2,2H3/b15-5-,30-4+. The first kappa shape index (κ1) is 25.4. The first-order chi connectivity index (χ1) is 19.3. The van der Waals surface area contributed by atoms with Gasteiger partial charge in [0.25, 0.3) is 0 Å². The molecule has 0 unspecified atom stereocenters. The Kier molecular flexibility index (Phi) is 8.05. The molecule has 0 spiro atoms. The van der Waals surface area contributed by atoms with Crippen molar-refractivity contribution in [3.63, 3.8) is 0 Å². The van der Waals surface area contributed by atoms with E-state index >= 15 is 0 Å². The lowest BCUT2D eigenvalue weighted by Crippen LogP contribution is -2.16. The van der Waals surface area contributed by atoms with Gasteiger partial charge in [0.1, 0.15) is 11.6 Å². The molecule has 4 nitrogen and oxygen atoms in total. The number of anilines is 5. The summed E-state index contributed by atoms with van der Waals surface area (Å²) in [4.78, 5) is 14.0. The maximum Gasteiger partial charge on any atom is 0.137 e. The largest absolute Gasteiger partial charge is 0.295 e. The summed E-state index contributed by atoms with van der Waals surface area (Å²) in [7, 11) is 0. The molecular formula is C35H30N4. The van der Waals surface area contributed by atoms with Crippen LogP contribution in [0.1, 0.15) is 6.92 Å². The highest BCUT2D eigenvalue weighted by Crippen LogP contribution is 2.34. The Hall–Kier alpha value is -5.22. The van der Waals surface area contributed by atoms with Crippen molar-refractivity contribution in [2.75, 3.05) is 9.80 Å². The smallest absolute Gasteiger partial charge is 0.137 e. The van der Waals surface area contributed by atoms with Crippen LogP contribution in [-0.4, -0.2) is 9.97 Å². The van der Waals surface area contributed by atoms with Gasteiger partial charge < -0.3 is 0 Å². The van der Waals surface area contributed by atoms with Crippen molar-refractivity contribution in [2.45, 2.75) is 6.92 Å². The molecule has 0 N–H and O–H groups in total. The lowest BCUT2D eigenvalue weighted by molar-refractivity contribution is 1.13. The van der Waals surface area contributed by atoms with Crippen LogP contribution < -0.4 is 9.80 Å². The third kappa shape index (κ3) is 5.86. The highest BCUT2D eigenvalue weighted by molar-refractivity contribution is 5.76. The minimum atomic E-state index is 0.829. The van der Waals surface area contributed by atoms with Crippen molar-refractivity contribution in [1.82, 2.24) is 9.97 Å². The van der Waals surface area contributed by atoms with Gasteiger partial charge in [0, 0.05) is 46.3 Å². The molecule has 190 valence electrons. The minimum absolute atomic E-state index is 0.829. The molecule has 0 amide bonds. The van der Waals surface area contributed by atoms with E-state index in [0.717, 1.165) is 45.5 Å². The topological polar surface area (TPSA) is 32.3 Å². The van der Waals surface area contributed by atoms with E-state index in [2.05, 4.69) is 77.1 Å². The third-order valence-electron chi connectivity index (χ3n) is 6.29. The van der Waals surface area contributed by atoms with Crippen LogP contribution in [0, 0.1) is 0 Å². The fraction of sp³-hybridized carbons (Fsp3) is 0.0286. The summed E-state index contributed by atoms with van der Waals surface area (Å²) in [6, 6.07) is 39.1. The highest BCUT2D eigenvalue weighted by Gasteiger charge is 2.15. The number of pyridine rings is 2. The van der Waals surface area contributed by atoms with Crippen molar-refractivity contribution in [3.8, 4) is 11.1 Å².